The maximum atomic E-state index is 5.62. The van der Waals surface area contributed by atoms with Crippen LogP contribution in [0.3, 0.4) is 0 Å². The Bertz CT molecular complexity index is 723. The first-order valence-electron chi connectivity index (χ1n) is 6.83. The summed E-state index contributed by atoms with van der Waals surface area (Å²) in [5.41, 5.74) is 3.08. The number of halogens is 1. The summed E-state index contributed by atoms with van der Waals surface area (Å²) in [6, 6.07) is 20.2. The van der Waals surface area contributed by atoms with Gasteiger partial charge in [-0.15, -0.1) is 5.10 Å². The van der Waals surface area contributed by atoms with E-state index in [4.69, 9.17) is 4.74 Å². The van der Waals surface area contributed by atoms with Crippen LogP contribution < -0.4 is 4.74 Å². The molecule has 0 N–H and O–H groups in total. The SMILES string of the molecule is CCOc1nn(-c2ccccc2)c(-c2ccccc2)c1Br. The summed E-state index contributed by atoms with van der Waals surface area (Å²) < 4.78 is 8.40. The smallest absolute Gasteiger partial charge is 0.248 e. The van der Waals surface area contributed by atoms with Crippen LogP contribution in [0.4, 0.5) is 0 Å². The van der Waals surface area contributed by atoms with E-state index in [1.807, 2.05) is 60.1 Å². The molecule has 0 aliphatic carbocycles. The molecule has 0 radical (unpaired) electrons. The van der Waals surface area contributed by atoms with E-state index in [0.717, 1.165) is 21.4 Å². The van der Waals surface area contributed by atoms with Crippen molar-refractivity contribution in [1.29, 1.82) is 0 Å². The van der Waals surface area contributed by atoms with Gasteiger partial charge in [0.1, 0.15) is 4.47 Å². The Balaban J connectivity index is 2.21. The number of aromatic nitrogens is 2. The second kappa shape index (κ2) is 6.14. The molecular weight excluding hydrogens is 328 g/mol. The third kappa shape index (κ3) is 2.72. The Kier molecular flexibility index (Phi) is 4.06. The highest BCUT2D eigenvalue weighted by molar-refractivity contribution is 9.10. The number of hydrogen-bond donors (Lipinski definition) is 0. The molecule has 3 rings (SSSR count). The fourth-order valence-corrected chi connectivity index (χ4v) is 2.80. The van der Waals surface area contributed by atoms with Crippen molar-refractivity contribution in [2.75, 3.05) is 6.61 Å². The Morgan fingerprint density at radius 2 is 1.62 bits per heavy atom. The van der Waals surface area contributed by atoms with Crippen LogP contribution in [0.1, 0.15) is 6.92 Å². The summed E-state index contributed by atoms with van der Waals surface area (Å²) in [7, 11) is 0. The molecule has 21 heavy (non-hydrogen) atoms. The van der Waals surface area contributed by atoms with Gasteiger partial charge < -0.3 is 4.74 Å². The molecule has 2 aromatic carbocycles. The summed E-state index contributed by atoms with van der Waals surface area (Å²) in [6.07, 6.45) is 0. The monoisotopic (exact) mass is 342 g/mol. The van der Waals surface area contributed by atoms with E-state index >= 15 is 0 Å². The van der Waals surface area contributed by atoms with Crippen LogP contribution in [0.5, 0.6) is 5.88 Å². The molecule has 3 nitrogen and oxygen atoms in total. The zero-order valence-electron chi connectivity index (χ0n) is 11.7. The van der Waals surface area contributed by atoms with E-state index in [1.165, 1.54) is 0 Å². The third-order valence-electron chi connectivity index (χ3n) is 3.13. The first-order valence-corrected chi connectivity index (χ1v) is 7.62. The molecule has 0 bridgehead atoms. The Hall–Kier alpha value is -2.07. The van der Waals surface area contributed by atoms with E-state index in [1.54, 1.807) is 0 Å². The fourth-order valence-electron chi connectivity index (χ4n) is 2.21. The van der Waals surface area contributed by atoms with E-state index in [2.05, 4.69) is 33.2 Å². The highest BCUT2D eigenvalue weighted by Crippen LogP contribution is 2.37. The Morgan fingerprint density at radius 3 is 2.24 bits per heavy atom. The largest absolute Gasteiger partial charge is 0.476 e. The lowest BCUT2D eigenvalue weighted by Gasteiger charge is -2.07. The highest BCUT2D eigenvalue weighted by Gasteiger charge is 2.19. The maximum absolute atomic E-state index is 5.62. The van der Waals surface area contributed by atoms with E-state index in [-0.39, 0.29) is 0 Å². The van der Waals surface area contributed by atoms with Gasteiger partial charge in [0.25, 0.3) is 0 Å². The van der Waals surface area contributed by atoms with Gasteiger partial charge in [0, 0.05) is 5.56 Å². The van der Waals surface area contributed by atoms with Gasteiger partial charge in [-0.05, 0) is 35.0 Å². The molecule has 0 aliphatic heterocycles. The lowest BCUT2D eigenvalue weighted by molar-refractivity contribution is 0.322. The molecular formula is C17H15BrN2O. The number of nitrogens with zero attached hydrogens (tertiary/aromatic N) is 2. The van der Waals surface area contributed by atoms with E-state index in [0.29, 0.717) is 12.5 Å². The number of ether oxygens (including phenoxy) is 1. The molecule has 0 fully saturated rings. The van der Waals surface area contributed by atoms with Gasteiger partial charge in [0.2, 0.25) is 5.88 Å². The number of rotatable bonds is 4. The van der Waals surface area contributed by atoms with Crippen molar-refractivity contribution in [1.82, 2.24) is 9.78 Å². The van der Waals surface area contributed by atoms with Gasteiger partial charge in [-0.1, -0.05) is 48.5 Å². The predicted molar refractivity (Wildman–Crippen MR) is 87.9 cm³/mol. The van der Waals surface area contributed by atoms with Crippen LogP contribution in [0.15, 0.2) is 65.1 Å². The molecule has 0 saturated carbocycles. The van der Waals surface area contributed by atoms with Gasteiger partial charge in [0.15, 0.2) is 0 Å². The van der Waals surface area contributed by atoms with E-state index < -0.39 is 0 Å². The zero-order chi connectivity index (χ0) is 14.7. The summed E-state index contributed by atoms with van der Waals surface area (Å²) in [6.45, 7) is 2.54. The molecule has 106 valence electrons. The minimum Gasteiger partial charge on any atom is -0.476 e. The van der Waals surface area contributed by atoms with Crippen molar-refractivity contribution in [3.8, 4) is 22.8 Å². The third-order valence-corrected chi connectivity index (χ3v) is 3.84. The summed E-state index contributed by atoms with van der Waals surface area (Å²) in [4.78, 5) is 0. The molecule has 1 aromatic heterocycles. The summed E-state index contributed by atoms with van der Waals surface area (Å²) in [5.74, 6) is 0.611. The first kappa shape index (κ1) is 13.9. The van der Waals surface area contributed by atoms with Crippen molar-refractivity contribution in [2.24, 2.45) is 0 Å². The quantitative estimate of drug-likeness (QED) is 0.687. The van der Waals surface area contributed by atoms with Crippen molar-refractivity contribution >= 4 is 15.9 Å². The fraction of sp³-hybridized carbons (Fsp3) is 0.118. The molecule has 1 heterocycles. The molecule has 0 aliphatic rings. The Morgan fingerprint density at radius 1 is 1.00 bits per heavy atom. The lowest BCUT2D eigenvalue weighted by atomic mass is 10.1. The maximum Gasteiger partial charge on any atom is 0.248 e. The Labute approximate surface area is 132 Å². The second-order valence-corrected chi connectivity index (χ2v) is 5.31. The average molecular weight is 343 g/mol. The summed E-state index contributed by atoms with van der Waals surface area (Å²) >= 11 is 3.63. The molecule has 0 saturated heterocycles. The number of hydrogen-bond acceptors (Lipinski definition) is 2. The first-order chi connectivity index (χ1) is 10.3. The zero-order valence-corrected chi connectivity index (χ0v) is 13.2. The van der Waals surface area contributed by atoms with Gasteiger partial charge in [-0.3, -0.25) is 0 Å². The topological polar surface area (TPSA) is 27.1 Å². The van der Waals surface area contributed by atoms with Crippen molar-refractivity contribution in [3.05, 3.63) is 65.1 Å². The standard InChI is InChI=1S/C17H15BrN2O/c1-2-21-17-15(18)16(13-9-5-3-6-10-13)20(19-17)14-11-7-4-8-12-14/h3-12H,2H2,1H3. The van der Waals surface area contributed by atoms with Gasteiger partial charge in [0.05, 0.1) is 18.0 Å². The minimum absolute atomic E-state index is 0.582. The number of para-hydroxylation sites is 1. The van der Waals surface area contributed by atoms with Gasteiger partial charge >= 0.3 is 0 Å². The molecule has 0 amide bonds. The highest BCUT2D eigenvalue weighted by atomic mass is 79.9. The van der Waals surface area contributed by atoms with Crippen LogP contribution in [-0.2, 0) is 0 Å². The predicted octanol–water partition coefficient (Wildman–Crippen LogP) is 4.70. The molecule has 0 unspecified atom stereocenters. The van der Waals surface area contributed by atoms with E-state index in [9.17, 15) is 0 Å². The van der Waals surface area contributed by atoms with Crippen LogP contribution in [-0.4, -0.2) is 16.4 Å². The van der Waals surface area contributed by atoms with Crippen LogP contribution in [0.25, 0.3) is 16.9 Å². The lowest BCUT2D eigenvalue weighted by Crippen LogP contribution is -1.99. The average Bonchev–Trinajstić information content (AvgIpc) is 2.86. The molecule has 0 atom stereocenters. The molecule has 0 spiro atoms. The van der Waals surface area contributed by atoms with Crippen molar-refractivity contribution in [2.45, 2.75) is 6.92 Å². The minimum atomic E-state index is 0.582. The number of benzene rings is 2. The van der Waals surface area contributed by atoms with Crippen LogP contribution in [0, 0.1) is 0 Å². The van der Waals surface area contributed by atoms with Gasteiger partial charge in [-0.25, -0.2) is 4.68 Å². The molecule has 4 heteroatoms. The summed E-state index contributed by atoms with van der Waals surface area (Å²) in [5, 5.41) is 4.59. The van der Waals surface area contributed by atoms with Crippen molar-refractivity contribution < 1.29 is 4.74 Å². The second-order valence-electron chi connectivity index (χ2n) is 4.51. The normalized spacial score (nSPS) is 10.6. The van der Waals surface area contributed by atoms with Crippen molar-refractivity contribution in [3.63, 3.8) is 0 Å². The van der Waals surface area contributed by atoms with Gasteiger partial charge in [-0.2, -0.15) is 0 Å². The van der Waals surface area contributed by atoms with Crippen LogP contribution >= 0.6 is 15.9 Å². The molecule has 3 aromatic rings. The van der Waals surface area contributed by atoms with Crippen LogP contribution in [0.2, 0.25) is 0 Å².